The van der Waals surface area contributed by atoms with Gasteiger partial charge < -0.3 is 39.9 Å². The summed E-state index contributed by atoms with van der Waals surface area (Å²) in [5, 5.41) is 4.59. The van der Waals surface area contributed by atoms with Gasteiger partial charge in [0, 0.05) is 4.47 Å². The zero-order valence-corrected chi connectivity index (χ0v) is 38.0. The van der Waals surface area contributed by atoms with Crippen LogP contribution in [0.25, 0.3) is 6.08 Å². The third-order valence-corrected chi connectivity index (χ3v) is 8.05. The summed E-state index contributed by atoms with van der Waals surface area (Å²) in [6.45, 7) is 18.3. The van der Waals surface area contributed by atoms with Crippen LogP contribution in [0.15, 0.2) is 107 Å². The highest BCUT2D eigenvalue weighted by molar-refractivity contribution is 9.10. The zero-order valence-electron chi connectivity index (χ0n) is 36.4. The number of rotatable bonds is 11. The summed E-state index contributed by atoms with van der Waals surface area (Å²) in [6.07, 6.45) is -0.00263. The highest BCUT2D eigenvalue weighted by Crippen LogP contribution is 2.31. The number of nitrogens with one attached hydrogen (secondary N) is 2. The third kappa shape index (κ3) is 19.4. The minimum atomic E-state index is -0.758. The van der Waals surface area contributed by atoms with Gasteiger partial charge in [-0.2, -0.15) is 0 Å². The molecule has 0 fully saturated rings. The van der Waals surface area contributed by atoms with E-state index in [9.17, 15) is 19.2 Å². The molecular weight excluding hydrogens is 848 g/mol. The number of ether oxygens (including phenoxy) is 6. The van der Waals surface area contributed by atoms with Crippen molar-refractivity contribution < 1.29 is 47.6 Å². The van der Waals surface area contributed by atoms with Crippen LogP contribution in [-0.4, -0.2) is 49.5 Å². The molecule has 0 atom stereocenters. The second-order valence-corrected chi connectivity index (χ2v) is 16.1. The molecule has 0 radical (unpaired) electrons. The van der Waals surface area contributed by atoms with Crippen LogP contribution in [0.4, 0.5) is 21.0 Å². The van der Waals surface area contributed by atoms with Gasteiger partial charge in [-0.05, 0) is 114 Å². The van der Waals surface area contributed by atoms with Gasteiger partial charge in [0.15, 0.2) is 0 Å². The second-order valence-electron chi connectivity index (χ2n) is 15.2. The van der Waals surface area contributed by atoms with Gasteiger partial charge in [0.2, 0.25) is 0 Å². The molecule has 0 bridgehead atoms. The van der Waals surface area contributed by atoms with Crippen molar-refractivity contribution in [2.75, 3.05) is 25.7 Å². The van der Waals surface area contributed by atoms with Crippen LogP contribution in [0.1, 0.15) is 69.4 Å². The summed E-state index contributed by atoms with van der Waals surface area (Å²) < 4.78 is 31.8. The molecule has 0 aliphatic rings. The van der Waals surface area contributed by atoms with E-state index in [1.165, 1.54) is 20.3 Å². The molecule has 14 nitrogen and oxygen atoms in total. The number of halogens is 1. The van der Waals surface area contributed by atoms with Gasteiger partial charge in [0.25, 0.3) is 0 Å². The molecular formula is C46H57BrN4O10. The fourth-order valence-electron chi connectivity index (χ4n) is 4.75. The summed E-state index contributed by atoms with van der Waals surface area (Å²) in [5.74, 6) is -0.203. The van der Waals surface area contributed by atoms with Crippen molar-refractivity contribution in [3.63, 3.8) is 0 Å². The molecule has 0 unspecified atom stereocenters. The predicted octanol–water partition coefficient (Wildman–Crippen LogP) is 9.31. The molecule has 61 heavy (non-hydrogen) atoms. The quantitative estimate of drug-likeness (QED) is 0.0482. The van der Waals surface area contributed by atoms with E-state index in [1.54, 1.807) is 53.7 Å². The molecule has 2 amide bonds. The zero-order chi connectivity index (χ0) is 45.9. The number of hydrogen-bond donors (Lipinski definition) is 4. The Morgan fingerprint density at radius 2 is 1.08 bits per heavy atom. The maximum absolute atomic E-state index is 12.1. The van der Waals surface area contributed by atoms with Gasteiger partial charge in [-0.1, -0.05) is 83.2 Å². The van der Waals surface area contributed by atoms with Crippen molar-refractivity contribution in [2.24, 2.45) is 0 Å². The SMILES string of the molecule is C=C(NC(=O)OC(C)(C)C)C(=O)OC.COC(=O)/C(=C/c1cc(C)c(N)c(OCc2ccccc2)c1)NC(=O)OC(C)(C)C.Cc1cc(Br)cc(OCc2ccccc2)c1N. The number of hydrogen-bond acceptors (Lipinski definition) is 12. The number of nitrogens with two attached hydrogens (primary N) is 2. The molecule has 4 aromatic rings. The van der Waals surface area contributed by atoms with Crippen LogP contribution in [0.2, 0.25) is 0 Å². The van der Waals surface area contributed by atoms with Gasteiger partial charge in [0.1, 0.15) is 47.3 Å². The minimum absolute atomic E-state index is 0.0649. The summed E-state index contributed by atoms with van der Waals surface area (Å²) in [5.41, 5.74) is 16.3. The Balaban J connectivity index is 0.000000348. The summed E-state index contributed by atoms with van der Waals surface area (Å²) in [4.78, 5) is 46.2. The summed E-state index contributed by atoms with van der Waals surface area (Å²) in [7, 11) is 2.43. The molecule has 0 spiro atoms. The van der Waals surface area contributed by atoms with Gasteiger partial charge in [0.05, 0.1) is 25.6 Å². The maximum atomic E-state index is 12.1. The first kappa shape index (κ1) is 50.7. The van der Waals surface area contributed by atoms with E-state index >= 15 is 0 Å². The first-order valence-corrected chi connectivity index (χ1v) is 19.7. The second kappa shape index (κ2) is 23.9. The number of aryl methyl sites for hydroxylation is 2. The number of alkyl carbamates (subject to hydrolysis) is 2. The molecule has 0 aromatic heterocycles. The van der Waals surface area contributed by atoms with E-state index in [0.717, 1.165) is 32.5 Å². The monoisotopic (exact) mass is 904 g/mol. The van der Waals surface area contributed by atoms with Gasteiger partial charge in [-0.25, -0.2) is 19.2 Å². The van der Waals surface area contributed by atoms with Crippen molar-refractivity contribution in [3.05, 3.63) is 135 Å². The van der Waals surface area contributed by atoms with Crippen molar-refractivity contribution in [3.8, 4) is 11.5 Å². The first-order valence-electron chi connectivity index (χ1n) is 18.9. The van der Waals surface area contributed by atoms with Crippen LogP contribution in [-0.2, 0) is 41.8 Å². The van der Waals surface area contributed by atoms with Crippen LogP contribution >= 0.6 is 15.9 Å². The molecule has 328 valence electrons. The molecule has 0 saturated carbocycles. The normalized spacial score (nSPS) is 10.9. The van der Waals surface area contributed by atoms with Crippen molar-refractivity contribution in [1.82, 2.24) is 10.6 Å². The lowest BCUT2D eigenvalue weighted by atomic mass is 10.1. The fraction of sp³-hybridized carbons (Fsp3) is 0.304. The molecule has 6 N–H and O–H groups in total. The van der Waals surface area contributed by atoms with Crippen LogP contribution < -0.4 is 31.6 Å². The first-order chi connectivity index (χ1) is 28.5. The van der Waals surface area contributed by atoms with Crippen molar-refractivity contribution >= 4 is 57.5 Å². The Morgan fingerprint density at radius 1 is 0.656 bits per heavy atom. The largest absolute Gasteiger partial charge is 0.487 e. The lowest BCUT2D eigenvalue weighted by Crippen LogP contribution is -2.34. The van der Waals surface area contributed by atoms with Gasteiger partial charge in [-0.15, -0.1) is 0 Å². The molecule has 0 saturated heterocycles. The number of benzene rings is 4. The number of nitrogen functional groups attached to an aromatic ring is 2. The molecule has 15 heteroatoms. The van der Waals surface area contributed by atoms with E-state index in [-0.39, 0.29) is 11.4 Å². The van der Waals surface area contributed by atoms with Crippen molar-refractivity contribution in [1.29, 1.82) is 0 Å². The average molecular weight is 906 g/mol. The summed E-state index contributed by atoms with van der Waals surface area (Å²) >= 11 is 3.44. The van der Waals surface area contributed by atoms with Crippen LogP contribution in [0.5, 0.6) is 11.5 Å². The molecule has 4 aromatic carbocycles. The smallest absolute Gasteiger partial charge is 0.412 e. The topological polar surface area (TPSA) is 200 Å². The average Bonchev–Trinajstić information content (AvgIpc) is 3.18. The Labute approximate surface area is 366 Å². The predicted molar refractivity (Wildman–Crippen MR) is 240 cm³/mol. The Hall–Kier alpha value is -6.48. The van der Waals surface area contributed by atoms with E-state index in [0.29, 0.717) is 35.9 Å². The number of carbonyl (C=O) groups is 4. The molecule has 0 heterocycles. The van der Waals surface area contributed by atoms with Crippen molar-refractivity contribution in [2.45, 2.75) is 79.8 Å². The van der Waals surface area contributed by atoms with E-state index in [4.69, 9.17) is 35.2 Å². The molecule has 4 rings (SSSR count). The van der Waals surface area contributed by atoms with Crippen LogP contribution in [0.3, 0.4) is 0 Å². The third-order valence-electron chi connectivity index (χ3n) is 7.59. The Morgan fingerprint density at radius 3 is 1.52 bits per heavy atom. The van der Waals surface area contributed by atoms with E-state index < -0.39 is 35.3 Å². The number of amides is 2. The summed E-state index contributed by atoms with van der Waals surface area (Å²) in [6, 6.07) is 27.1. The van der Waals surface area contributed by atoms with E-state index in [2.05, 4.69) is 37.9 Å². The maximum Gasteiger partial charge on any atom is 0.412 e. The number of carbonyl (C=O) groups excluding carboxylic acids is 4. The lowest BCUT2D eigenvalue weighted by molar-refractivity contribution is -0.137. The fourth-order valence-corrected chi connectivity index (χ4v) is 5.30. The number of methoxy groups -OCH3 is 2. The minimum Gasteiger partial charge on any atom is -0.487 e. The number of anilines is 2. The highest BCUT2D eigenvalue weighted by Gasteiger charge is 2.21. The van der Waals surface area contributed by atoms with Crippen LogP contribution in [0, 0.1) is 13.8 Å². The Bertz CT molecular complexity index is 2150. The molecule has 0 aliphatic carbocycles. The van der Waals surface area contributed by atoms with E-state index in [1.807, 2.05) is 86.6 Å². The standard InChI is InChI=1S/C23H28N2O5.C14H14BrNO.C9H15NO4/c1-15-11-17(12-18(21(26)28-5)25-22(27)30-23(2,3)4)13-19(20(15)24)29-14-16-9-7-6-8-10-16;1-10-7-12(15)8-13(14(10)16)17-9-11-5-3-2-4-6-11;1-6(7(11)13-5)10-8(12)14-9(2,3)4/h6-13H,14,24H2,1-5H3,(H,25,27);2-8H,9,16H2,1H3;1H2,2-5H3,(H,10,12)/b18-12-;;. The molecule has 0 aliphatic heterocycles. The Kier molecular flexibility index (Phi) is 19.9. The lowest BCUT2D eigenvalue weighted by Gasteiger charge is -2.20. The number of esters is 2. The van der Waals surface area contributed by atoms with Gasteiger partial charge >= 0.3 is 24.1 Å². The highest BCUT2D eigenvalue weighted by atomic mass is 79.9. The van der Waals surface area contributed by atoms with Gasteiger partial charge in [-0.3, -0.25) is 10.6 Å².